The quantitative estimate of drug-likeness (QED) is 0.745. The molecule has 0 spiro atoms. The third-order valence-electron chi connectivity index (χ3n) is 5.01. The number of sulfone groups is 1. The van der Waals surface area contributed by atoms with Crippen molar-refractivity contribution in [1.29, 1.82) is 0 Å². The van der Waals surface area contributed by atoms with Crippen LogP contribution in [0.15, 0.2) is 29.2 Å². The number of carbonyl (C=O) groups excluding carboxylic acids is 1. The molecular weight excluding hydrogens is 376 g/mol. The van der Waals surface area contributed by atoms with Gasteiger partial charge in [0.25, 0.3) is 0 Å². The first-order valence-electron chi connectivity index (χ1n) is 8.87. The first kappa shape index (κ1) is 19.3. The van der Waals surface area contributed by atoms with Crippen molar-refractivity contribution in [3.05, 3.63) is 24.3 Å². The fraction of sp³-hybridized carbons (Fsp3) is 0.588. The number of anilines is 1. The maximum atomic E-state index is 13.0. The maximum Gasteiger partial charge on any atom is 0.243 e. The number of piperidine rings is 1. The van der Waals surface area contributed by atoms with Crippen molar-refractivity contribution in [3.8, 4) is 0 Å². The Labute approximate surface area is 155 Å². The van der Waals surface area contributed by atoms with E-state index >= 15 is 0 Å². The fourth-order valence-electron chi connectivity index (χ4n) is 3.64. The van der Waals surface area contributed by atoms with E-state index in [0.717, 1.165) is 12.8 Å². The van der Waals surface area contributed by atoms with Gasteiger partial charge in [-0.05, 0) is 43.5 Å². The minimum atomic E-state index is -3.78. The first-order chi connectivity index (χ1) is 12.2. The minimum absolute atomic E-state index is 0.0275. The Morgan fingerprint density at radius 1 is 1.19 bits per heavy atom. The van der Waals surface area contributed by atoms with E-state index in [2.05, 4.69) is 0 Å². The second kappa shape index (κ2) is 7.28. The van der Waals surface area contributed by atoms with Crippen molar-refractivity contribution in [2.45, 2.75) is 43.5 Å². The van der Waals surface area contributed by atoms with Gasteiger partial charge in [-0.25, -0.2) is 16.8 Å². The second-order valence-electron chi connectivity index (χ2n) is 6.76. The molecule has 1 atom stereocenters. The van der Waals surface area contributed by atoms with Crippen molar-refractivity contribution in [2.24, 2.45) is 0 Å². The normalized spacial score (nSPS) is 23.5. The summed E-state index contributed by atoms with van der Waals surface area (Å²) in [7, 11) is -6.95. The summed E-state index contributed by atoms with van der Waals surface area (Å²) in [5.74, 6) is -0.0432. The van der Waals surface area contributed by atoms with Gasteiger partial charge in [0.2, 0.25) is 15.9 Å². The van der Waals surface area contributed by atoms with Gasteiger partial charge in [-0.3, -0.25) is 4.79 Å². The number of benzene rings is 1. The molecule has 1 unspecified atom stereocenters. The Kier molecular flexibility index (Phi) is 5.41. The standard InChI is InChI=1S/C17H24N2O5S2/c1-2-19(15-10-12-25(21,22)13-15)26(23,24)16-8-6-14(7-9-16)18-11-4-3-5-17(18)20/h6-9,15H,2-5,10-13H2,1H3. The summed E-state index contributed by atoms with van der Waals surface area (Å²) in [5, 5.41) is 0. The smallest absolute Gasteiger partial charge is 0.243 e. The van der Waals surface area contributed by atoms with Crippen molar-refractivity contribution < 1.29 is 21.6 Å². The summed E-state index contributed by atoms with van der Waals surface area (Å²) in [6, 6.07) is 5.78. The van der Waals surface area contributed by atoms with Crippen LogP contribution in [0.1, 0.15) is 32.6 Å². The molecule has 0 bridgehead atoms. The molecule has 0 N–H and O–H groups in total. The molecule has 0 saturated carbocycles. The zero-order chi connectivity index (χ0) is 18.9. The predicted molar refractivity (Wildman–Crippen MR) is 99.3 cm³/mol. The molecule has 0 radical (unpaired) electrons. The van der Waals surface area contributed by atoms with Crippen LogP contribution in [0.4, 0.5) is 5.69 Å². The Balaban J connectivity index is 1.83. The van der Waals surface area contributed by atoms with Crippen molar-refractivity contribution >= 4 is 31.5 Å². The predicted octanol–water partition coefficient (Wildman–Crippen LogP) is 1.40. The van der Waals surface area contributed by atoms with Crippen LogP contribution >= 0.6 is 0 Å². The van der Waals surface area contributed by atoms with Crippen LogP contribution in [-0.4, -0.2) is 57.7 Å². The van der Waals surface area contributed by atoms with Gasteiger partial charge in [-0.2, -0.15) is 4.31 Å². The highest BCUT2D eigenvalue weighted by Crippen LogP contribution is 2.27. The highest BCUT2D eigenvalue weighted by atomic mass is 32.2. The maximum absolute atomic E-state index is 13.0. The van der Waals surface area contributed by atoms with E-state index in [-0.39, 0.29) is 28.9 Å². The summed E-state index contributed by atoms with van der Waals surface area (Å²) in [4.78, 5) is 13.8. The zero-order valence-corrected chi connectivity index (χ0v) is 16.4. The van der Waals surface area contributed by atoms with E-state index in [0.29, 0.717) is 25.1 Å². The molecule has 2 saturated heterocycles. The van der Waals surface area contributed by atoms with Crippen LogP contribution in [0.3, 0.4) is 0 Å². The van der Waals surface area contributed by atoms with Crippen LogP contribution in [0.25, 0.3) is 0 Å². The number of sulfonamides is 1. The lowest BCUT2D eigenvalue weighted by molar-refractivity contribution is -0.119. The number of nitrogens with zero attached hydrogens (tertiary/aromatic N) is 2. The topological polar surface area (TPSA) is 91.8 Å². The number of rotatable bonds is 5. The highest BCUT2D eigenvalue weighted by Gasteiger charge is 2.38. The van der Waals surface area contributed by atoms with Crippen LogP contribution in [0.5, 0.6) is 0 Å². The molecule has 2 aliphatic rings. The fourth-order valence-corrected chi connectivity index (χ4v) is 7.13. The van der Waals surface area contributed by atoms with Gasteiger partial charge in [0.05, 0.1) is 16.4 Å². The van der Waals surface area contributed by atoms with Gasteiger partial charge >= 0.3 is 0 Å². The summed E-state index contributed by atoms with van der Waals surface area (Å²) in [6.45, 7) is 2.57. The first-order valence-corrected chi connectivity index (χ1v) is 12.1. The molecule has 9 heteroatoms. The van der Waals surface area contributed by atoms with Gasteiger partial charge in [0.15, 0.2) is 9.84 Å². The zero-order valence-electron chi connectivity index (χ0n) is 14.8. The molecule has 2 aliphatic heterocycles. The summed E-state index contributed by atoms with van der Waals surface area (Å²) in [5.41, 5.74) is 0.695. The summed E-state index contributed by atoms with van der Waals surface area (Å²) >= 11 is 0. The largest absolute Gasteiger partial charge is 0.312 e. The third kappa shape index (κ3) is 3.79. The number of carbonyl (C=O) groups is 1. The van der Waals surface area contributed by atoms with Crippen LogP contribution in [-0.2, 0) is 24.7 Å². The lowest BCUT2D eigenvalue weighted by Gasteiger charge is -2.28. The van der Waals surface area contributed by atoms with Gasteiger partial charge in [0.1, 0.15) is 0 Å². The van der Waals surface area contributed by atoms with E-state index in [4.69, 9.17) is 0 Å². The van der Waals surface area contributed by atoms with E-state index in [1.165, 1.54) is 16.4 Å². The van der Waals surface area contributed by atoms with Crippen LogP contribution < -0.4 is 4.90 Å². The molecule has 26 heavy (non-hydrogen) atoms. The molecule has 1 amide bonds. The lowest BCUT2D eigenvalue weighted by Crippen LogP contribution is -2.40. The van der Waals surface area contributed by atoms with Crippen molar-refractivity contribution in [1.82, 2.24) is 4.31 Å². The Morgan fingerprint density at radius 2 is 1.88 bits per heavy atom. The molecule has 0 aliphatic carbocycles. The molecule has 0 aromatic heterocycles. The molecule has 1 aromatic rings. The lowest BCUT2D eigenvalue weighted by atomic mass is 10.1. The average Bonchev–Trinajstić information content (AvgIpc) is 2.95. The molecular formula is C17H24N2O5S2. The Hall–Kier alpha value is -1.45. The van der Waals surface area contributed by atoms with Crippen LogP contribution in [0.2, 0.25) is 0 Å². The van der Waals surface area contributed by atoms with Gasteiger partial charge in [0, 0.05) is 31.2 Å². The van der Waals surface area contributed by atoms with E-state index in [1.54, 1.807) is 24.0 Å². The molecule has 144 valence electrons. The number of hydrogen-bond donors (Lipinski definition) is 0. The molecule has 1 aromatic carbocycles. The monoisotopic (exact) mass is 400 g/mol. The van der Waals surface area contributed by atoms with Crippen molar-refractivity contribution in [3.63, 3.8) is 0 Å². The van der Waals surface area contributed by atoms with E-state index < -0.39 is 25.9 Å². The number of hydrogen-bond acceptors (Lipinski definition) is 5. The van der Waals surface area contributed by atoms with Gasteiger partial charge < -0.3 is 4.90 Å². The Morgan fingerprint density at radius 3 is 2.42 bits per heavy atom. The van der Waals surface area contributed by atoms with Gasteiger partial charge in [-0.15, -0.1) is 0 Å². The SMILES string of the molecule is CCN(C1CCS(=O)(=O)C1)S(=O)(=O)c1ccc(N2CCCCC2=O)cc1. The van der Waals surface area contributed by atoms with E-state index in [1.807, 2.05) is 0 Å². The molecule has 2 fully saturated rings. The van der Waals surface area contributed by atoms with Crippen LogP contribution in [0, 0.1) is 0 Å². The average molecular weight is 401 g/mol. The van der Waals surface area contributed by atoms with Crippen molar-refractivity contribution in [2.75, 3.05) is 29.5 Å². The molecule has 7 nitrogen and oxygen atoms in total. The summed E-state index contributed by atoms with van der Waals surface area (Å²) < 4.78 is 50.6. The van der Waals surface area contributed by atoms with E-state index in [9.17, 15) is 21.6 Å². The summed E-state index contributed by atoms with van der Waals surface area (Å²) in [6.07, 6.45) is 2.67. The third-order valence-corrected chi connectivity index (χ3v) is 8.80. The Bertz CT molecular complexity index is 878. The second-order valence-corrected chi connectivity index (χ2v) is 10.9. The highest BCUT2D eigenvalue weighted by molar-refractivity contribution is 7.92. The molecule has 3 rings (SSSR count). The number of amides is 1. The minimum Gasteiger partial charge on any atom is -0.312 e. The van der Waals surface area contributed by atoms with Gasteiger partial charge in [-0.1, -0.05) is 6.92 Å². The molecule has 2 heterocycles.